The van der Waals surface area contributed by atoms with E-state index in [9.17, 15) is 10.2 Å². The van der Waals surface area contributed by atoms with Crippen LogP contribution in [0.5, 0.6) is 23.0 Å². The Labute approximate surface area is 154 Å². The molecule has 1 aromatic heterocycles. The second-order valence-electron chi connectivity index (χ2n) is 5.22. The zero-order chi connectivity index (χ0) is 18.7. The SMILES string of the molecule is COc1ccc(-c2n[nH]c(=S)n2/N=C/c2ccc(O)cc2O)cc1OC. The van der Waals surface area contributed by atoms with Crippen molar-refractivity contribution in [3.8, 4) is 34.4 Å². The molecule has 0 aliphatic rings. The van der Waals surface area contributed by atoms with Crippen LogP contribution in [0, 0.1) is 4.77 Å². The maximum atomic E-state index is 9.86. The van der Waals surface area contributed by atoms with Crippen LogP contribution < -0.4 is 9.47 Å². The summed E-state index contributed by atoms with van der Waals surface area (Å²) in [6, 6.07) is 9.53. The number of aromatic nitrogens is 3. The first kappa shape index (κ1) is 17.5. The average molecular weight is 372 g/mol. The van der Waals surface area contributed by atoms with Gasteiger partial charge in [0.25, 0.3) is 0 Å². The fourth-order valence-electron chi connectivity index (χ4n) is 2.32. The van der Waals surface area contributed by atoms with Crippen LogP contribution in [0.1, 0.15) is 5.56 Å². The summed E-state index contributed by atoms with van der Waals surface area (Å²) in [6.45, 7) is 0. The van der Waals surface area contributed by atoms with Crippen molar-refractivity contribution >= 4 is 18.4 Å². The fourth-order valence-corrected chi connectivity index (χ4v) is 2.50. The highest BCUT2D eigenvalue weighted by Crippen LogP contribution is 2.31. The number of H-pyrrole nitrogens is 1. The van der Waals surface area contributed by atoms with Gasteiger partial charge in [0.15, 0.2) is 17.3 Å². The number of aromatic amines is 1. The van der Waals surface area contributed by atoms with Gasteiger partial charge >= 0.3 is 0 Å². The highest BCUT2D eigenvalue weighted by atomic mass is 32.1. The number of nitrogens with one attached hydrogen (secondary N) is 1. The lowest BCUT2D eigenvalue weighted by molar-refractivity contribution is 0.355. The Hall–Kier alpha value is -3.33. The van der Waals surface area contributed by atoms with Crippen LogP contribution in [0.3, 0.4) is 0 Å². The molecule has 0 bridgehead atoms. The largest absolute Gasteiger partial charge is 0.508 e. The van der Waals surface area contributed by atoms with Crippen molar-refractivity contribution in [3.63, 3.8) is 0 Å². The number of benzene rings is 2. The Kier molecular flexibility index (Phi) is 4.90. The lowest BCUT2D eigenvalue weighted by Gasteiger charge is -2.09. The van der Waals surface area contributed by atoms with Gasteiger partial charge in [-0.3, -0.25) is 0 Å². The zero-order valence-electron chi connectivity index (χ0n) is 14.0. The normalized spacial score (nSPS) is 11.0. The van der Waals surface area contributed by atoms with Crippen LogP contribution in [0.25, 0.3) is 11.4 Å². The van der Waals surface area contributed by atoms with Crippen molar-refractivity contribution < 1.29 is 19.7 Å². The van der Waals surface area contributed by atoms with Gasteiger partial charge in [-0.25, -0.2) is 5.10 Å². The minimum atomic E-state index is -0.101. The molecule has 0 radical (unpaired) electrons. The van der Waals surface area contributed by atoms with E-state index >= 15 is 0 Å². The third-order valence-electron chi connectivity index (χ3n) is 3.62. The topological polar surface area (TPSA) is 105 Å². The summed E-state index contributed by atoms with van der Waals surface area (Å²) in [5, 5.41) is 30.4. The van der Waals surface area contributed by atoms with Crippen LogP contribution in [-0.2, 0) is 0 Å². The van der Waals surface area contributed by atoms with Crippen molar-refractivity contribution in [1.29, 1.82) is 0 Å². The van der Waals surface area contributed by atoms with Gasteiger partial charge in [-0.15, -0.1) is 0 Å². The third kappa shape index (κ3) is 3.38. The Morgan fingerprint density at radius 3 is 2.58 bits per heavy atom. The first-order chi connectivity index (χ1) is 12.5. The summed E-state index contributed by atoms with van der Waals surface area (Å²) in [4.78, 5) is 0. The number of aromatic hydroxyl groups is 2. The van der Waals surface area contributed by atoms with Crippen molar-refractivity contribution in [2.45, 2.75) is 0 Å². The van der Waals surface area contributed by atoms with E-state index in [0.29, 0.717) is 28.5 Å². The molecule has 1 heterocycles. The first-order valence-electron chi connectivity index (χ1n) is 7.49. The summed E-state index contributed by atoms with van der Waals surface area (Å²) in [7, 11) is 3.10. The monoisotopic (exact) mass is 372 g/mol. The molecule has 3 rings (SSSR count). The molecule has 0 unspecified atom stereocenters. The molecule has 8 nitrogen and oxygen atoms in total. The number of phenolic OH excluding ortho intramolecular Hbond substituents is 2. The number of hydrogen-bond donors (Lipinski definition) is 3. The lowest BCUT2D eigenvalue weighted by Crippen LogP contribution is -1.97. The van der Waals surface area contributed by atoms with Gasteiger partial charge in [0.2, 0.25) is 4.77 Å². The van der Waals surface area contributed by atoms with Crippen LogP contribution in [0.15, 0.2) is 41.5 Å². The number of methoxy groups -OCH3 is 2. The number of rotatable bonds is 5. The van der Waals surface area contributed by atoms with E-state index in [-0.39, 0.29) is 16.3 Å². The van der Waals surface area contributed by atoms with Gasteiger partial charge in [0.1, 0.15) is 11.5 Å². The Morgan fingerprint density at radius 1 is 1.12 bits per heavy atom. The molecule has 0 saturated carbocycles. The van der Waals surface area contributed by atoms with Crippen molar-refractivity contribution in [1.82, 2.24) is 14.9 Å². The van der Waals surface area contributed by atoms with Crippen LogP contribution >= 0.6 is 12.2 Å². The molecule has 0 atom stereocenters. The Bertz CT molecular complexity index is 1030. The molecule has 0 aliphatic carbocycles. The number of ether oxygens (including phenoxy) is 2. The van der Waals surface area contributed by atoms with E-state index in [0.717, 1.165) is 0 Å². The number of nitrogens with zero attached hydrogens (tertiary/aromatic N) is 3. The maximum Gasteiger partial charge on any atom is 0.216 e. The first-order valence-corrected chi connectivity index (χ1v) is 7.90. The zero-order valence-corrected chi connectivity index (χ0v) is 14.8. The van der Waals surface area contributed by atoms with Gasteiger partial charge in [-0.1, -0.05) is 0 Å². The second-order valence-corrected chi connectivity index (χ2v) is 5.61. The van der Waals surface area contributed by atoms with Crippen LogP contribution in [0.2, 0.25) is 0 Å². The highest BCUT2D eigenvalue weighted by Gasteiger charge is 2.12. The summed E-state index contributed by atoms with van der Waals surface area (Å²) in [6.07, 6.45) is 1.42. The van der Waals surface area contributed by atoms with Gasteiger partial charge in [-0.05, 0) is 42.5 Å². The molecule has 0 fully saturated rings. The van der Waals surface area contributed by atoms with E-state index in [1.807, 2.05) is 0 Å². The van der Waals surface area contributed by atoms with Crippen molar-refractivity contribution in [3.05, 3.63) is 46.7 Å². The van der Waals surface area contributed by atoms with Gasteiger partial charge in [-0.2, -0.15) is 14.9 Å². The summed E-state index contributed by atoms with van der Waals surface area (Å²) in [5.41, 5.74) is 1.13. The second kappa shape index (κ2) is 7.28. The summed E-state index contributed by atoms with van der Waals surface area (Å²) < 4.78 is 12.2. The molecule has 2 aromatic carbocycles. The molecule has 0 amide bonds. The van der Waals surface area contributed by atoms with Gasteiger partial charge in [0.05, 0.1) is 20.4 Å². The van der Waals surface area contributed by atoms with E-state index in [1.54, 1.807) is 32.4 Å². The van der Waals surface area contributed by atoms with E-state index in [2.05, 4.69) is 15.3 Å². The minimum Gasteiger partial charge on any atom is -0.508 e. The summed E-state index contributed by atoms with van der Waals surface area (Å²) in [5.74, 6) is 1.47. The predicted molar refractivity (Wildman–Crippen MR) is 98.7 cm³/mol. The molecule has 3 aromatic rings. The standard InChI is InChI=1S/C17H16N4O4S/c1-24-14-6-4-10(7-15(14)25-2)16-19-20-17(26)21(16)18-9-11-3-5-12(22)8-13(11)23/h3-9,22-23H,1-2H3,(H,20,26)/b18-9+. The quantitative estimate of drug-likeness (QED) is 0.470. The Morgan fingerprint density at radius 2 is 1.88 bits per heavy atom. The molecule has 0 spiro atoms. The van der Waals surface area contributed by atoms with Crippen LogP contribution in [-0.4, -0.2) is 45.5 Å². The van der Waals surface area contributed by atoms with Gasteiger partial charge < -0.3 is 19.7 Å². The van der Waals surface area contributed by atoms with Gasteiger partial charge in [0, 0.05) is 17.2 Å². The predicted octanol–water partition coefficient (Wildman–Crippen LogP) is 2.92. The number of phenols is 2. The molecular formula is C17H16N4O4S. The third-order valence-corrected chi connectivity index (χ3v) is 3.88. The maximum absolute atomic E-state index is 9.86. The molecule has 3 N–H and O–H groups in total. The fraction of sp³-hybridized carbons (Fsp3) is 0.118. The average Bonchev–Trinajstić information content (AvgIpc) is 3.01. The smallest absolute Gasteiger partial charge is 0.216 e. The molecular weight excluding hydrogens is 356 g/mol. The molecule has 26 heavy (non-hydrogen) atoms. The minimum absolute atomic E-state index is 0.0365. The molecule has 9 heteroatoms. The van der Waals surface area contributed by atoms with Crippen LogP contribution in [0.4, 0.5) is 0 Å². The van der Waals surface area contributed by atoms with E-state index < -0.39 is 0 Å². The lowest BCUT2D eigenvalue weighted by atomic mass is 10.2. The highest BCUT2D eigenvalue weighted by molar-refractivity contribution is 7.71. The molecule has 0 saturated heterocycles. The Balaban J connectivity index is 2.02. The summed E-state index contributed by atoms with van der Waals surface area (Å²) >= 11 is 5.22. The van der Waals surface area contributed by atoms with Crippen molar-refractivity contribution in [2.24, 2.45) is 5.10 Å². The van der Waals surface area contributed by atoms with E-state index in [1.165, 1.54) is 29.1 Å². The molecule has 0 aliphatic heterocycles. The van der Waals surface area contributed by atoms with Crippen molar-refractivity contribution in [2.75, 3.05) is 14.2 Å². The van der Waals surface area contributed by atoms with E-state index in [4.69, 9.17) is 21.7 Å². The number of hydrogen-bond acceptors (Lipinski definition) is 7. The molecule has 134 valence electrons.